The molecule has 0 aromatic heterocycles. The lowest BCUT2D eigenvalue weighted by Crippen LogP contribution is -2.47. The summed E-state index contributed by atoms with van der Waals surface area (Å²) in [5.74, 6) is -0.838. The molecule has 3 aliphatic rings. The van der Waals surface area contributed by atoms with E-state index in [-0.39, 0.29) is 12.2 Å². The first-order valence-electron chi connectivity index (χ1n) is 6.95. The smallest absolute Gasteiger partial charge is 0.332 e. The van der Waals surface area contributed by atoms with Gasteiger partial charge < -0.3 is 14.9 Å². The summed E-state index contributed by atoms with van der Waals surface area (Å²) >= 11 is 0. The van der Waals surface area contributed by atoms with Crippen LogP contribution in [0.25, 0.3) is 0 Å². The lowest BCUT2D eigenvalue weighted by molar-refractivity contribution is -0.150. The van der Waals surface area contributed by atoms with E-state index in [1.807, 2.05) is 0 Å². The highest BCUT2D eigenvalue weighted by Gasteiger charge is 2.42. The second-order valence-electron chi connectivity index (χ2n) is 5.87. The Bertz CT molecular complexity index is 321. The molecule has 18 heavy (non-hydrogen) atoms. The Morgan fingerprint density at radius 1 is 1.17 bits per heavy atom. The van der Waals surface area contributed by atoms with Gasteiger partial charge in [-0.2, -0.15) is 0 Å². The van der Waals surface area contributed by atoms with E-state index in [1.54, 1.807) is 0 Å². The van der Waals surface area contributed by atoms with Crippen molar-refractivity contribution in [3.63, 3.8) is 0 Å². The maximum Gasteiger partial charge on any atom is 0.332 e. The molecule has 3 saturated heterocycles. The van der Waals surface area contributed by atoms with Crippen LogP contribution in [0.5, 0.6) is 0 Å². The fraction of sp³-hybridized carbons (Fsp3) is 0.923. The average molecular weight is 255 g/mol. The molecule has 3 aliphatic heterocycles. The van der Waals surface area contributed by atoms with Gasteiger partial charge in [-0.05, 0) is 38.5 Å². The van der Waals surface area contributed by atoms with E-state index in [4.69, 9.17) is 9.84 Å². The zero-order valence-electron chi connectivity index (χ0n) is 10.5. The standard InChI is InChI=1S/C13H21NO4/c15-10-5-8-1-2-9(6-10)14(8)7-11-3-4-12(18-11)13(16)17/h8-12,15H,1-7H2,(H,16,17). The number of aliphatic carboxylic acids is 1. The first-order valence-corrected chi connectivity index (χ1v) is 6.95. The van der Waals surface area contributed by atoms with Gasteiger partial charge in [0.1, 0.15) is 0 Å². The Balaban J connectivity index is 1.56. The summed E-state index contributed by atoms with van der Waals surface area (Å²) in [5, 5.41) is 18.7. The summed E-state index contributed by atoms with van der Waals surface area (Å²) < 4.78 is 5.57. The molecule has 3 rings (SSSR count). The molecular formula is C13H21NO4. The van der Waals surface area contributed by atoms with Crippen molar-refractivity contribution in [1.29, 1.82) is 0 Å². The zero-order valence-corrected chi connectivity index (χ0v) is 10.5. The maximum absolute atomic E-state index is 10.9. The zero-order chi connectivity index (χ0) is 12.7. The van der Waals surface area contributed by atoms with E-state index in [1.165, 1.54) is 0 Å². The predicted octanol–water partition coefficient (Wildman–Crippen LogP) is 0.606. The summed E-state index contributed by atoms with van der Waals surface area (Å²) in [6.45, 7) is 0.839. The van der Waals surface area contributed by atoms with Gasteiger partial charge in [0.2, 0.25) is 0 Å². The molecule has 0 aliphatic carbocycles. The summed E-state index contributed by atoms with van der Waals surface area (Å²) in [6.07, 6.45) is 4.84. The van der Waals surface area contributed by atoms with Crippen LogP contribution in [0.2, 0.25) is 0 Å². The van der Waals surface area contributed by atoms with Gasteiger partial charge in [-0.25, -0.2) is 4.79 Å². The van der Waals surface area contributed by atoms with Crippen LogP contribution in [0.4, 0.5) is 0 Å². The molecule has 0 aromatic rings. The quantitative estimate of drug-likeness (QED) is 0.773. The molecule has 102 valence electrons. The molecule has 0 spiro atoms. The number of nitrogens with zero attached hydrogens (tertiary/aromatic N) is 1. The number of carboxylic acid groups (broad SMARTS) is 1. The van der Waals surface area contributed by atoms with Crippen LogP contribution in [0.15, 0.2) is 0 Å². The van der Waals surface area contributed by atoms with Crippen LogP contribution < -0.4 is 0 Å². The van der Waals surface area contributed by atoms with Crippen molar-refractivity contribution in [2.75, 3.05) is 6.54 Å². The normalized spacial score (nSPS) is 44.4. The highest BCUT2D eigenvalue weighted by Crippen LogP contribution is 2.36. The number of carboxylic acids is 1. The topological polar surface area (TPSA) is 70.0 Å². The van der Waals surface area contributed by atoms with Gasteiger partial charge >= 0.3 is 5.97 Å². The van der Waals surface area contributed by atoms with E-state index in [0.717, 1.165) is 38.6 Å². The predicted molar refractivity (Wildman–Crippen MR) is 64.3 cm³/mol. The van der Waals surface area contributed by atoms with Crippen molar-refractivity contribution in [1.82, 2.24) is 4.90 Å². The molecule has 0 amide bonds. The molecule has 5 heteroatoms. The van der Waals surface area contributed by atoms with Crippen LogP contribution in [0, 0.1) is 0 Å². The van der Waals surface area contributed by atoms with E-state index < -0.39 is 12.1 Å². The van der Waals surface area contributed by atoms with Gasteiger partial charge in [-0.15, -0.1) is 0 Å². The lowest BCUT2D eigenvalue weighted by atomic mass is 9.99. The fourth-order valence-corrected chi connectivity index (χ4v) is 3.80. The Kier molecular flexibility index (Phi) is 3.30. The van der Waals surface area contributed by atoms with Crippen LogP contribution in [0.1, 0.15) is 38.5 Å². The molecule has 5 nitrogen and oxygen atoms in total. The third-order valence-corrected chi connectivity index (χ3v) is 4.66. The van der Waals surface area contributed by atoms with Gasteiger partial charge in [0, 0.05) is 18.6 Å². The van der Waals surface area contributed by atoms with Gasteiger partial charge in [-0.3, -0.25) is 4.90 Å². The minimum Gasteiger partial charge on any atom is -0.479 e. The van der Waals surface area contributed by atoms with Gasteiger partial charge in [0.15, 0.2) is 6.10 Å². The molecule has 2 bridgehead atoms. The summed E-state index contributed by atoms with van der Waals surface area (Å²) in [4.78, 5) is 13.3. The van der Waals surface area contributed by atoms with Crippen LogP contribution >= 0.6 is 0 Å². The van der Waals surface area contributed by atoms with Gasteiger partial charge in [0.05, 0.1) is 12.2 Å². The molecule has 2 N–H and O–H groups in total. The van der Waals surface area contributed by atoms with E-state index >= 15 is 0 Å². The first kappa shape index (κ1) is 12.4. The van der Waals surface area contributed by atoms with E-state index in [2.05, 4.69) is 4.90 Å². The van der Waals surface area contributed by atoms with E-state index in [9.17, 15) is 9.90 Å². The molecule has 0 saturated carbocycles. The van der Waals surface area contributed by atoms with Gasteiger partial charge in [-0.1, -0.05) is 0 Å². The lowest BCUT2D eigenvalue weighted by Gasteiger charge is -2.38. The molecule has 4 atom stereocenters. The molecule has 3 heterocycles. The monoisotopic (exact) mass is 255 g/mol. The largest absolute Gasteiger partial charge is 0.479 e. The van der Waals surface area contributed by atoms with Crippen molar-refractivity contribution < 1.29 is 19.7 Å². The maximum atomic E-state index is 10.9. The van der Waals surface area contributed by atoms with Crippen LogP contribution in [-0.2, 0) is 9.53 Å². The molecule has 4 unspecified atom stereocenters. The van der Waals surface area contributed by atoms with Crippen molar-refractivity contribution >= 4 is 5.97 Å². The Morgan fingerprint density at radius 3 is 2.39 bits per heavy atom. The second-order valence-corrected chi connectivity index (χ2v) is 5.87. The summed E-state index contributed by atoms with van der Waals surface area (Å²) in [7, 11) is 0. The highest BCUT2D eigenvalue weighted by molar-refractivity contribution is 5.72. The first-order chi connectivity index (χ1) is 8.63. The minimum absolute atomic E-state index is 0.0597. The highest BCUT2D eigenvalue weighted by atomic mass is 16.5. The fourth-order valence-electron chi connectivity index (χ4n) is 3.80. The number of hydrogen-bond acceptors (Lipinski definition) is 4. The van der Waals surface area contributed by atoms with Gasteiger partial charge in [0.25, 0.3) is 0 Å². The Morgan fingerprint density at radius 2 is 1.83 bits per heavy atom. The Hall–Kier alpha value is -0.650. The average Bonchev–Trinajstić information content (AvgIpc) is 2.85. The number of fused-ring (bicyclic) bond motifs is 2. The number of carbonyl (C=O) groups is 1. The van der Waals surface area contributed by atoms with Crippen molar-refractivity contribution in [3.05, 3.63) is 0 Å². The summed E-state index contributed by atoms with van der Waals surface area (Å²) in [5.41, 5.74) is 0. The number of piperidine rings is 1. The number of ether oxygens (including phenoxy) is 1. The van der Waals surface area contributed by atoms with Crippen LogP contribution in [-0.4, -0.2) is 58.0 Å². The number of aliphatic hydroxyl groups excluding tert-OH is 1. The molecule has 0 radical (unpaired) electrons. The minimum atomic E-state index is -0.838. The van der Waals surface area contributed by atoms with Crippen molar-refractivity contribution in [2.24, 2.45) is 0 Å². The summed E-state index contributed by atoms with van der Waals surface area (Å²) in [6, 6.07) is 0.956. The third kappa shape index (κ3) is 2.27. The number of aliphatic hydroxyl groups is 1. The molecular weight excluding hydrogens is 234 g/mol. The van der Waals surface area contributed by atoms with E-state index in [0.29, 0.717) is 18.5 Å². The van der Waals surface area contributed by atoms with Crippen molar-refractivity contribution in [2.45, 2.75) is 68.9 Å². The third-order valence-electron chi connectivity index (χ3n) is 4.66. The molecule has 0 aromatic carbocycles. The number of rotatable bonds is 3. The number of hydrogen-bond donors (Lipinski definition) is 2. The van der Waals surface area contributed by atoms with Crippen molar-refractivity contribution in [3.8, 4) is 0 Å². The Labute approximate surface area is 107 Å². The molecule has 3 fully saturated rings. The van der Waals surface area contributed by atoms with Crippen LogP contribution in [0.3, 0.4) is 0 Å². The SMILES string of the molecule is O=C(O)C1CCC(CN2C3CCC2CC(O)C3)O1. The second kappa shape index (κ2) is 4.79.